The number of hydrogen-bond acceptors (Lipinski definition) is 6. The van der Waals surface area contributed by atoms with Gasteiger partial charge in [0.1, 0.15) is 6.10 Å². The van der Waals surface area contributed by atoms with Crippen molar-refractivity contribution in [1.82, 2.24) is 9.80 Å². The molecule has 0 spiro atoms. The summed E-state index contributed by atoms with van der Waals surface area (Å²) in [5.41, 5.74) is 2.52. The second kappa shape index (κ2) is 9.93. The number of methoxy groups -OCH3 is 2. The zero-order valence-electron chi connectivity index (χ0n) is 18.0. The first-order chi connectivity index (χ1) is 14.5. The number of amides is 1. The van der Waals surface area contributed by atoms with Crippen LogP contribution in [0.1, 0.15) is 27.5 Å². The number of carbonyl (C=O) groups excluding carboxylic acids is 1. The molecule has 2 aromatic carbocycles. The van der Waals surface area contributed by atoms with Gasteiger partial charge in [0.25, 0.3) is 5.91 Å². The lowest BCUT2D eigenvalue weighted by Gasteiger charge is -2.41. The van der Waals surface area contributed by atoms with Crippen LogP contribution in [-0.2, 0) is 11.3 Å². The molecule has 0 aromatic heterocycles. The van der Waals surface area contributed by atoms with E-state index < -0.39 is 12.1 Å². The van der Waals surface area contributed by atoms with Crippen molar-refractivity contribution in [3.05, 3.63) is 59.2 Å². The number of hydrogen-bond donors (Lipinski definition) is 1. The number of aliphatic hydroxyl groups is 1. The average molecular weight is 415 g/mol. The number of ether oxygens (including phenoxy) is 3. The Morgan fingerprint density at radius 2 is 1.93 bits per heavy atom. The number of morpholine rings is 1. The lowest BCUT2D eigenvalue weighted by atomic mass is 9.96. The Labute approximate surface area is 177 Å². The second-order valence-corrected chi connectivity index (χ2v) is 7.59. The molecule has 7 nitrogen and oxygen atoms in total. The van der Waals surface area contributed by atoms with E-state index in [0.717, 1.165) is 17.7 Å². The minimum atomic E-state index is -0.522. The van der Waals surface area contributed by atoms with Crippen molar-refractivity contribution < 1.29 is 24.1 Å². The van der Waals surface area contributed by atoms with Crippen molar-refractivity contribution >= 4 is 5.91 Å². The zero-order chi connectivity index (χ0) is 21.7. The van der Waals surface area contributed by atoms with Crippen LogP contribution in [0.3, 0.4) is 0 Å². The third kappa shape index (κ3) is 4.75. The van der Waals surface area contributed by atoms with Crippen LogP contribution in [0, 0.1) is 0 Å². The molecule has 1 saturated heterocycles. The molecule has 3 rings (SSSR count). The Morgan fingerprint density at radius 1 is 1.17 bits per heavy atom. The van der Waals surface area contributed by atoms with Crippen LogP contribution in [0.4, 0.5) is 0 Å². The molecule has 162 valence electrons. The predicted molar refractivity (Wildman–Crippen MR) is 114 cm³/mol. The highest BCUT2D eigenvalue weighted by molar-refractivity contribution is 5.94. The van der Waals surface area contributed by atoms with Crippen LogP contribution in [0.5, 0.6) is 11.5 Å². The SMILES string of the molecule is COc1ccc([C@@H]2[C@@H](CO)OCCN2C(=O)c2cccc(CN(C)C)c2)cc1OC. The monoisotopic (exact) mass is 414 g/mol. The summed E-state index contributed by atoms with van der Waals surface area (Å²) >= 11 is 0. The Morgan fingerprint density at radius 3 is 2.60 bits per heavy atom. The Kier molecular flexibility index (Phi) is 7.31. The molecule has 1 aliphatic heterocycles. The molecule has 7 heteroatoms. The second-order valence-electron chi connectivity index (χ2n) is 7.59. The van der Waals surface area contributed by atoms with Gasteiger partial charge in [0.2, 0.25) is 0 Å². The van der Waals surface area contributed by atoms with Crippen LogP contribution in [0.2, 0.25) is 0 Å². The number of nitrogens with zero attached hydrogens (tertiary/aromatic N) is 2. The van der Waals surface area contributed by atoms with Gasteiger partial charge in [0.15, 0.2) is 11.5 Å². The summed E-state index contributed by atoms with van der Waals surface area (Å²) in [6, 6.07) is 12.8. The highest BCUT2D eigenvalue weighted by Gasteiger charge is 2.37. The van der Waals surface area contributed by atoms with Crippen molar-refractivity contribution in [2.24, 2.45) is 0 Å². The maximum absolute atomic E-state index is 13.5. The Hall–Kier alpha value is -2.61. The zero-order valence-corrected chi connectivity index (χ0v) is 18.0. The summed E-state index contributed by atoms with van der Waals surface area (Å²) in [5, 5.41) is 9.94. The van der Waals surface area contributed by atoms with Crippen molar-refractivity contribution in [3.8, 4) is 11.5 Å². The molecule has 0 aliphatic carbocycles. The van der Waals surface area contributed by atoms with E-state index >= 15 is 0 Å². The topological polar surface area (TPSA) is 71.5 Å². The smallest absolute Gasteiger partial charge is 0.254 e. The van der Waals surface area contributed by atoms with Crippen molar-refractivity contribution in [1.29, 1.82) is 0 Å². The molecule has 1 N–H and O–H groups in total. The first-order valence-corrected chi connectivity index (χ1v) is 9.97. The van der Waals surface area contributed by atoms with Gasteiger partial charge in [-0.15, -0.1) is 0 Å². The van der Waals surface area contributed by atoms with Crippen LogP contribution in [-0.4, -0.2) is 75.0 Å². The lowest BCUT2D eigenvalue weighted by molar-refractivity contribution is -0.0811. The molecular weight excluding hydrogens is 384 g/mol. The van der Waals surface area contributed by atoms with E-state index in [1.54, 1.807) is 25.2 Å². The summed E-state index contributed by atoms with van der Waals surface area (Å²) < 4.78 is 16.6. The van der Waals surface area contributed by atoms with Gasteiger partial charge in [0, 0.05) is 18.7 Å². The van der Waals surface area contributed by atoms with E-state index in [0.29, 0.717) is 30.2 Å². The van der Waals surface area contributed by atoms with Gasteiger partial charge in [0.05, 0.1) is 33.5 Å². The van der Waals surface area contributed by atoms with Crippen LogP contribution < -0.4 is 9.47 Å². The molecule has 0 bridgehead atoms. The molecular formula is C23H30N2O5. The summed E-state index contributed by atoms with van der Waals surface area (Å²) in [6.45, 7) is 1.37. The quantitative estimate of drug-likeness (QED) is 0.750. The van der Waals surface area contributed by atoms with Gasteiger partial charge >= 0.3 is 0 Å². The van der Waals surface area contributed by atoms with Crippen LogP contribution >= 0.6 is 0 Å². The number of carbonyl (C=O) groups is 1. The normalized spacial score (nSPS) is 19.1. The third-order valence-corrected chi connectivity index (χ3v) is 5.21. The van der Waals surface area contributed by atoms with Crippen molar-refractivity contribution in [3.63, 3.8) is 0 Å². The number of rotatable bonds is 7. The number of benzene rings is 2. The highest BCUT2D eigenvalue weighted by Crippen LogP contribution is 2.36. The van der Waals surface area contributed by atoms with Crippen molar-refractivity contribution in [2.45, 2.75) is 18.7 Å². The molecule has 1 amide bonds. The Bertz CT molecular complexity index is 870. The molecule has 30 heavy (non-hydrogen) atoms. The molecule has 2 atom stereocenters. The van der Waals surface area contributed by atoms with E-state index in [4.69, 9.17) is 14.2 Å². The fourth-order valence-corrected chi connectivity index (χ4v) is 3.88. The van der Waals surface area contributed by atoms with Gasteiger partial charge in [-0.1, -0.05) is 18.2 Å². The largest absolute Gasteiger partial charge is 0.493 e. The van der Waals surface area contributed by atoms with E-state index in [-0.39, 0.29) is 12.5 Å². The molecule has 0 radical (unpaired) electrons. The van der Waals surface area contributed by atoms with Gasteiger partial charge in [-0.3, -0.25) is 4.79 Å². The van der Waals surface area contributed by atoms with E-state index in [1.807, 2.05) is 50.5 Å². The summed E-state index contributed by atoms with van der Waals surface area (Å²) in [4.78, 5) is 17.3. The minimum Gasteiger partial charge on any atom is -0.493 e. The van der Waals surface area contributed by atoms with E-state index in [2.05, 4.69) is 4.90 Å². The molecule has 0 unspecified atom stereocenters. The summed E-state index contributed by atoms with van der Waals surface area (Å²) in [7, 11) is 7.14. The average Bonchev–Trinajstić information content (AvgIpc) is 2.77. The van der Waals surface area contributed by atoms with Gasteiger partial charge in [-0.2, -0.15) is 0 Å². The van der Waals surface area contributed by atoms with Crippen LogP contribution in [0.25, 0.3) is 0 Å². The van der Waals surface area contributed by atoms with Gasteiger partial charge < -0.3 is 29.1 Å². The summed E-state index contributed by atoms with van der Waals surface area (Å²) in [5.74, 6) is 1.09. The van der Waals surface area contributed by atoms with Gasteiger partial charge in [-0.05, 0) is 49.5 Å². The highest BCUT2D eigenvalue weighted by atomic mass is 16.5. The third-order valence-electron chi connectivity index (χ3n) is 5.21. The fraction of sp³-hybridized carbons (Fsp3) is 0.435. The maximum Gasteiger partial charge on any atom is 0.254 e. The van der Waals surface area contributed by atoms with Crippen LogP contribution in [0.15, 0.2) is 42.5 Å². The summed E-state index contributed by atoms with van der Waals surface area (Å²) in [6.07, 6.45) is -0.522. The Balaban J connectivity index is 1.96. The first-order valence-electron chi connectivity index (χ1n) is 9.97. The van der Waals surface area contributed by atoms with Gasteiger partial charge in [-0.25, -0.2) is 0 Å². The molecule has 1 fully saturated rings. The molecule has 1 aliphatic rings. The maximum atomic E-state index is 13.5. The fourth-order valence-electron chi connectivity index (χ4n) is 3.88. The standard InChI is InChI=1S/C23H30N2O5/c1-24(2)14-16-6-5-7-18(12-16)23(27)25-10-11-30-21(15-26)22(25)17-8-9-19(28-3)20(13-17)29-4/h5-9,12-13,21-22,26H,10-11,14-15H2,1-4H3/t21-,22-/m1/s1. The molecule has 2 aromatic rings. The van der Waals surface area contributed by atoms with E-state index in [1.165, 1.54) is 0 Å². The predicted octanol–water partition coefficient (Wildman–Crippen LogP) is 2.34. The molecule has 1 heterocycles. The van der Waals surface area contributed by atoms with Crippen molar-refractivity contribution in [2.75, 3.05) is 48.1 Å². The first kappa shape index (κ1) is 22.1. The number of aliphatic hydroxyl groups excluding tert-OH is 1. The lowest BCUT2D eigenvalue weighted by Crippen LogP contribution is -2.49. The minimum absolute atomic E-state index is 0.0860. The molecule has 0 saturated carbocycles. The van der Waals surface area contributed by atoms with E-state index in [9.17, 15) is 9.90 Å².